The van der Waals surface area contributed by atoms with E-state index in [1.165, 1.54) is 22.1 Å². The molecule has 28 heavy (non-hydrogen) atoms. The minimum Gasteiger partial charge on any atom is -0.356 e. The van der Waals surface area contributed by atoms with Gasteiger partial charge < -0.3 is 9.84 Å². The van der Waals surface area contributed by atoms with Crippen LogP contribution in [-0.2, 0) is 11.3 Å². The molecule has 3 aromatic rings. The van der Waals surface area contributed by atoms with E-state index in [9.17, 15) is 9.59 Å². The van der Waals surface area contributed by atoms with Gasteiger partial charge in [-0.15, -0.1) is 11.3 Å². The molecule has 1 N–H and O–H groups in total. The Morgan fingerprint density at radius 2 is 2.14 bits per heavy atom. The van der Waals surface area contributed by atoms with Crippen LogP contribution in [0.15, 0.2) is 32.9 Å². The van der Waals surface area contributed by atoms with Crippen LogP contribution in [0.3, 0.4) is 0 Å². The number of carbonyl (C=O) groups excluding carboxylic acids is 1. The van der Waals surface area contributed by atoms with Crippen LogP contribution in [-0.4, -0.2) is 26.9 Å². The van der Waals surface area contributed by atoms with Gasteiger partial charge in [-0.2, -0.15) is 5.10 Å². The molecule has 146 valence electrons. The Morgan fingerprint density at radius 1 is 1.36 bits per heavy atom. The molecule has 8 heteroatoms. The smallest absolute Gasteiger partial charge is 0.268 e. The Balaban J connectivity index is 1.71. The van der Waals surface area contributed by atoms with Gasteiger partial charge in [0.15, 0.2) is 5.76 Å². The molecule has 4 rings (SSSR count). The third-order valence-electron chi connectivity index (χ3n) is 5.17. The molecule has 0 bridgehead atoms. The highest BCUT2D eigenvalue weighted by molar-refractivity contribution is 7.13. The van der Waals surface area contributed by atoms with Crippen LogP contribution in [0.5, 0.6) is 0 Å². The molecular formula is C20H22N4O3S. The second-order valence-corrected chi connectivity index (χ2v) is 8.10. The van der Waals surface area contributed by atoms with Crippen molar-refractivity contribution in [2.24, 2.45) is 0 Å². The zero-order chi connectivity index (χ0) is 19.7. The number of rotatable bonds is 5. The summed E-state index contributed by atoms with van der Waals surface area (Å²) in [6.07, 6.45) is 4.27. The normalized spacial score (nSPS) is 14.5. The summed E-state index contributed by atoms with van der Waals surface area (Å²) in [4.78, 5) is 26.0. The predicted octanol–water partition coefficient (Wildman–Crippen LogP) is 3.30. The third kappa shape index (κ3) is 3.64. The van der Waals surface area contributed by atoms with Gasteiger partial charge in [0.25, 0.3) is 5.56 Å². The number of aromatic nitrogens is 3. The monoisotopic (exact) mass is 398 g/mol. The maximum atomic E-state index is 12.7. The molecule has 0 radical (unpaired) electrons. The molecule has 1 aliphatic carbocycles. The van der Waals surface area contributed by atoms with Gasteiger partial charge in [0.05, 0.1) is 16.1 Å². The van der Waals surface area contributed by atoms with Crippen molar-refractivity contribution in [1.82, 2.24) is 20.3 Å². The molecule has 0 unspecified atom stereocenters. The third-order valence-corrected chi connectivity index (χ3v) is 6.04. The van der Waals surface area contributed by atoms with E-state index >= 15 is 0 Å². The van der Waals surface area contributed by atoms with E-state index < -0.39 is 0 Å². The minimum absolute atomic E-state index is 0.0948. The summed E-state index contributed by atoms with van der Waals surface area (Å²) in [7, 11) is 0. The number of amides is 1. The SMILES string of the molecule is Cc1noc(-c2cc(=O)n(CC(=O)NC3CCCC3)nc2-c2cccs2)c1C. The second-order valence-electron chi connectivity index (χ2n) is 7.15. The summed E-state index contributed by atoms with van der Waals surface area (Å²) in [6, 6.07) is 5.55. The summed E-state index contributed by atoms with van der Waals surface area (Å²) in [5, 5.41) is 13.5. The van der Waals surface area contributed by atoms with Crippen LogP contribution < -0.4 is 10.9 Å². The Hall–Kier alpha value is -2.74. The van der Waals surface area contributed by atoms with Crippen molar-refractivity contribution < 1.29 is 9.32 Å². The van der Waals surface area contributed by atoms with Gasteiger partial charge in [-0.1, -0.05) is 24.1 Å². The van der Waals surface area contributed by atoms with E-state index in [0.717, 1.165) is 41.8 Å². The zero-order valence-electron chi connectivity index (χ0n) is 15.9. The van der Waals surface area contributed by atoms with E-state index in [1.807, 2.05) is 31.4 Å². The van der Waals surface area contributed by atoms with Gasteiger partial charge in [-0.05, 0) is 38.1 Å². The van der Waals surface area contributed by atoms with Gasteiger partial charge >= 0.3 is 0 Å². The molecule has 7 nitrogen and oxygen atoms in total. The number of nitrogens with one attached hydrogen (secondary N) is 1. The van der Waals surface area contributed by atoms with Crippen molar-refractivity contribution in [2.75, 3.05) is 0 Å². The molecule has 0 aliphatic heterocycles. The Bertz CT molecular complexity index is 1050. The van der Waals surface area contributed by atoms with Crippen molar-refractivity contribution >= 4 is 17.2 Å². The lowest BCUT2D eigenvalue weighted by molar-refractivity contribution is -0.122. The van der Waals surface area contributed by atoms with Crippen molar-refractivity contribution in [3.63, 3.8) is 0 Å². The van der Waals surface area contributed by atoms with E-state index in [1.54, 1.807) is 0 Å². The molecule has 3 heterocycles. The number of carbonyl (C=O) groups is 1. The fourth-order valence-electron chi connectivity index (χ4n) is 3.52. The molecule has 1 saturated carbocycles. The number of thiophene rings is 1. The topological polar surface area (TPSA) is 90.0 Å². The van der Waals surface area contributed by atoms with E-state index in [2.05, 4.69) is 15.6 Å². The number of hydrogen-bond acceptors (Lipinski definition) is 6. The number of aryl methyl sites for hydroxylation is 1. The van der Waals surface area contributed by atoms with Gasteiger partial charge in [0, 0.05) is 17.7 Å². The molecular weight excluding hydrogens is 376 g/mol. The summed E-state index contributed by atoms with van der Waals surface area (Å²) >= 11 is 1.52. The lowest BCUT2D eigenvalue weighted by Gasteiger charge is -2.13. The second kappa shape index (κ2) is 7.71. The molecule has 3 aromatic heterocycles. The summed E-state index contributed by atoms with van der Waals surface area (Å²) in [6.45, 7) is 3.66. The van der Waals surface area contributed by atoms with Crippen LogP contribution in [0.25, 0.3) is 21.9 Å². The predicted molar refractivity (Wildman–Crippen MR) is 107 cm³/mol. The fourth-order valence-corrected chi connectivity index (χ4v) is 4.24. The van der Waals surface area contributed by atoms with Crippen molar-refractivity contribution in [2.45, 2.75) is 52.1 Å². The standard InChI is InChI=1S/C20H22N4O3S/c1-12-13(2)23-27-20(12)15-10-18(26)24(22-19(15)16-8-5-9-28-16)11-17(25)21-14-6-3-4-7-14/h5,8-10,14H,3-4,6-7,11H2,1-2H3,(H,21,25). The molecule has 1 fully saturated rings. The number of nitrogens with zero attached hydrogens (tertiary/aromatic N) is 3. The van der Waals surface area contributed by atoms with Gasteiger partial charge in [0.2, 0.25) is 5.91 Å². The van der Waals surface area contributed by atoms with Gasteiger partial charge in [-0.25, -0.2) is 4.68 Å². The zero-order valence-corrected chi connectivity index (χ0v) is 16.7. The van der Waals surface area contributed by atoms with Crippen LogP contribution in [0.2, 0.25) is 0 Å². The summed E-state index contributed by atoms with van der Waals surface area (Å²) < 4.78 is 6.70. The first-order valence-corrected chi connectivity index (χ1v) is 10.3. The Labute approximate surface area is 166 Å². The first kappa shape index (κ1) is 18.6. The summed E-state index contributed by atoms with van der Waals surface area (Å²) in [5.74, 6) is 0.353. The average Bonchev–Trinajstić information content (AvgIpc) is 3.41. The average molecular weight is 398 g/mol. The van der Waals surface area contributed by atoms with Crippen LogP contribution >= 0.6 is 11.3 Å². The highest BCUT2D eigenvalue weighted by Crippen LogP contribution is 2.34. The highest BCUT2D eigenvalue weighted by Gasteiger charge is 2.22. The van der Waals surface area contributed by atoms with E-state index in [0.29, 0.717) is 17.0 Å². The number of hydrogen-bond donors (Lipinski definition) is 1. The van der Waals surface area contributed by atoms with Crippen molar-refractivity contribution in [3.05, 3.63) is 45.2 Å². The molecule has 0 aromatic carbocycles. The van der Waals surface area contributed by atoms with Gasteiger partial charge in [0.1, 0.15) is 12.2 Å². The first-order valence-electron chi connectivity index (χ1n) is 9.41. The van der Waals surface area contributed by atoms with Crippen molar-refractivity contribution in [3.8, 4) is 21.9 Å². The van der Waals surface area contributed by atoms with Crippen LogP contribution in [0.1, 0.15) is 36.9 Å². The van der Waals surface area contributed by atoms with Crippen LogP contribution in [0.4, 0.5) is 0 Å². The quantitative estimate of drug-likeness (QED) is 0.712. The molecule has 1 amide bonds. The maximum Gasteiger partial charge on any atom is 0.268 e. The Kier molecular flexibility index (Phi) is 5.13. The molecule has 0 atom stereocenters. The van der Waals surface area contributed by atoms with E-state index in [4.69, 9.17) is 4.52 Å². The fraction of sp³-hybridized carbons (Fsp3) is 0.400. The largest absolute Gasteiger partial charge is 0.356 e. The minimum atomic E-state index is -0.342. The molecule has 1 aliphatic rings. The Morgan fingerprint density at radius 3 is 2.79 bits per heavy atom. The van der Waals surface area contributed by atoms with E-state index in [-0.39, 0.29) is 24.1 Å². The first-order chi connectivity index (χ1) is 13.5. The molecule has 0 spiro atoms. The lowest BCUT2D eigenvalue weighted by atomic mass is 10.1. The van der Waals surface area contributed by atoms with Gasteiger partial charge in [-0.3, -0.25) is 9.59 Å². The summed E-state index contributed by atoms with van der Waals surface area (Å²) in [5.41, 5.74) is 2.51. The van der Waals surface area contributed by atoms with Crippen LogP contribution in [0, 0.1) is 13.8 Å². The highest BCUT2D eigenvalue weighted by atomic mass is 32.1. The lowest BCUT2D eigenvalue weighted by Crippen LogP contribution is -2.38. The maximum absolute atomic E-state index is 12.7. The van der Waals surface area contributed by atoms with Crippen molar-refractivity contribution in [1.29, 1.82) is 0 Å². The molecule has 0 saturated heterocycles.